The van der Waals surface area contributed by atoms with Crippen molar-refractivity contribution in [3.63, 3.8) is 0 Å². The molecule has 1 saturated heterocycles. The number of carbonyl (C=O) groups excluding carboxylic acids is 1. The lowest BCUT2D eigenvalue weighted by Gasteiger charge is -2.24. The summed E-state index contributed by atoms with van der Waals surface area (Å²) in [5.41, 5.74) is 1.33. The second kappa shape index (κ2) is 10.6. The molecule has 1 aliphatic heterocycles. The van der Waals surface area contributed by atoms with Crippen LogP contribution in [0.25, 0.3) is 0 Å². The second-order valence-electron chi connectivity index (χ2n) is 7.74. The third kappa shape index (κ3) is 7.17. The Morgan fingerprint density at radius 3 is 2.80 bits per heavy atom. The number of hydrogen-bond donors (Lipinski definition) is 1. The Bertz CT molecular complexity index is 503. The van der Waals surface area contributed by atoms with E-state index in [0.717, 1.165) is 52.0 Å². The largest absolute Gasteiger partial charge is 0.355 e. The van der Waals surface area contributed by atoms with Gasteiger partial charge in [0, 0.05) is 13.1 Å². The molecule has 1 N–H and O–H groups in total. The highest BCUT2D eigenvalue weighted by Gasteiger charge is 2.29. The number of benzene rings is 1. The van der Waals surface area contributed by atoms with Crippen LogP contribution >= 0.6 is 0 Å². The molecule has 1 aromatic rings. The maximum absolute atomic E-state index is 12.5. The summed E-state index contributed by atoms with van der Waals surface area (Å²) in [6.07, 6.45) is 4.33. The van der Waals surface area contributed by atoms with Gasteiger partial charge in [-0.25, -0.2) is 0 Å². The van der Waals surface area contributed by atoms with Gasteiger partial charge in [-0.3, -0.25) is 9.69 Å². The molecule has 140 valence electrons. The van der Waals surface area contributed by atoms with Crippen LogP contribution in [0.1, 0.15) is 45.1 Å². The minimum absolute atomic E-state index is 0.0980. The highest BCUT2D eigenvalue weighted by atomic mass is 16.2. The molecule has 1 heterocycles. The highest BCUT2D eigenvalue weighted by molar-refractivity contribution is 5.82. The summed E-state index contributed by atoms with van der Waals surface area (Å²) in [4.78, 5) is 17.2. The first kappa shape index (κ1) is 19.9. The van der Waals surface area contributed by atoms with Crippen LogP contribution in [-0.2, 0) is 11.3 Å². The smallest absolute Gasteiger partial charge is 0.237 e. The Morgan fingerprint density at radius 1 is 1.32 bits per heavy atom. The lowest BCUT2D eigenvalue weighted by Crippen LogP contribution is -2.44. The van der Waals surface area contributed by atoms with Crippen molar-refractivity contribution in [1.82, 2.24) is 15.1 Å². The lowest BCUT2D eigenvalue weighted by atomic mass is 10.1. The Kier molecular flexibility index (Phi) is 8.42. The summed E-state index contributed by atoms with van der Waals surface area (Å²) in [5.74, 6) is 0.927. The van der Waals surface area contributed by atoms with Crippen molar-refractivity contribution in [3.8, 4) is 0 Å². The summed E-state index contributed by atoms with van der Waals surface area (Å²) in [6.45, 7) is 9.35. The van der Waals surface area contributed by atoms with Crippen molar-refractivity contribution in [2.45, 2.75) is 52.1 Å². The van der Waals surface area contributed by atoms with Gasteiger partial charge >= 0.3 is 0 Å². The second-order valence-corrected chi connectivity index (χ2v) is 7.74. The van der Waals surface area contributed by atoms with Gasteiger partial charge in [-0.05, 0) is 63.8 Å². The summed E-state index contributed by atoms with van der Waals surface area (Å²) in [5, 5.41) is 3.15. The van der Waals surface area contributed by atoms with Crippen LogP contribution in [-0.4, -0.2) is 55.0 Å². The molecule has 0 saturated carbocycles. The number of nitrogens with zero attached hydrogens (tertiary/aromatic N) is 2. The van der Waals surface area contributed by atoms with Crippen molar-refractivity contribution < 1.29 is 4.79 Å². The average Bonchev–Trinajstić information content (AvgIpc) is 3.06. The molecule has 4 heteroatoms. The predicted octanol–water partition coefficient (Wildman–Crippen LogP) is 3.14. The number of rotatable bonds is 10. The normalized spacial score (nSPS) is 18.2. The van der Waals surface area contributed by atoms with Crippen LogP contribution in [0.2, 0.25) is 0 Å². The SMILES string of the molecule is CC(C)CCN1CCCC1C(=O)NCCCN(C)Cc1ccccc1. The maximum atomic E-state index is 12.5. The first-order chi connectivity index (χ1) is 12.1. The lowest BCUT2D eigenvalue weighted by molar-refractivity contribution is -0.125. The van der Waals surface area contributed by atoms with E-state index in [1.54, 1.807) is 0 Å². The zero-order chi connectivity index (χ0) is 18.1. The van der Waals surface area contributed by atoms with Crippen molar-refractivity contribution in [3.05, 3.63) is 35.9 Å². The fourth-order valence-corrected chi connectivity index (χ4v) is 3.47. The van der Waals surface area contributed by atoms with Crippen LogP contribution in [0.4, 0.5) is 0 Å². The quantitative estimate of drug-likeness (QED) is 0.662. The van der Waals surface area contributed by atoms with E-state index in [9.17, 15) is 4.79 Å². The summed E-state index contributed by atoms with van der Waals surface area (Å²) in [6, 6.07) is 10.6. The topological polar surface area (TPSA) is 35.6 Å². The monoisotopic (exact) mass is 345 g/mol. The number of likely N-dealkylation sites (tertiary alicyclic amines) is 1. The zero-order valence-corrected chi connectivity index (χ0v) is 16.2. The molecular formula is C21H35N3O. The van der Waals surface area contributed by atoms with E-state index < -0.39 is 0 Å². The number of carbonyl (C=O) groups is 1. The molecule has 25 heavy (non-hydrogen) atoms. The Labute approximate surface area is 153 Å². The molecule has 1 fully saturated rings. The molecule has 0 radical (unpaired) electrons. The molecule has 1 amide bonds. The van der Waals surface area contributed by atoms with E-state index in [-0.39, 0.29) is 11.9 Å². The standard InChI is InChI=1S/C21H35N3O/c1-18(2)12-16-24-15-7-11-20(24)21(25)22-13-8-14-23(3)17-19-9-5-4-6-10-19/h4-6,9-10,18,20H,7-8,11-17H2,1-3H3,(H,22,25). The first-order valence-electron chi connectivity index (χ1n) is 9.80. The molecule has 1 aliphatic rings. The van der Waals surface area contributed by atoms with Gasteiger partial charge in [0.2, 0.25) is 5.91 Å². The minimum Gasteiger partial charge on any atom is -0.355 e. The predicted molar refractivity (Wildman–Crippen MR) is 104 cm³/mol. The van der Waals surface area contributed by atoms with E-state index in [1.807, 2.05) is 6.07 Å². The van der Waals surface area contributed by atoms with Gasteiger partial charge in [-0.2, -0.15) is 0 Å². The molecule has 0 aliphatic carbocycles. The first-order valence-corrected chi connectivity index (χ1v) is 9.80. The third-order valence-corrected chi connectivity index (χ3v) is 4.97. The number of amides is 1. The van der Waals surface area contributed by atoms with Crippen LogP contribution in [0.5, 0.6) is 0 Å². The Hall–Kier alpha value is -1.39. The zero-order valence-electron chi connectivity index (χ0n) is 16.2. The van der Waals surface area contributed by atoms with Gasteiger partial charge in [0.1, 0.15) is 0 Å². The van der Waals surface area contributed by atoms with Gasteiger partial charge < -0.3 is 10.2 Å². The van der Waals surface area contributed by atoms with E-state index in [1.165, 1.54) is 12.0 Å². The van der Waals surface area contributed by atoms with Crippen molar-refractivity contribution in [1.29, 1.82) is 0 Å². The van der Waals surface area contributed by atoms with Crippen molar-refractivity contribution >= 4 is 5.91 Å². The maximum Gasteiger partial charge on any atom is 0.237 e. The molecule has 0 spiro atoms. The fourth-order valence-electron chi connectivity index (χ4n) is 3.47. The third-order valence-electron chi connectivity index (χ3n) is 4.97. The van der Waals surface area contributed by atoms with Gasteiger partial charge in [-0.1, -0.05) is 44.2 Å². The van der Waals surface area contributed by atoms with E-state index in [4.69, 9.17) is 0 Å². The van der Waals surface area contributed by atoms with Gasteiger partial charge in [0.25, 0.3) is 0 Å². The van der Waals surface area contributed by atoms with Gasteiger partial charge in [0.15, 0.2) is 0 Å². The molecule has 1 aromatic carbocycles. The molecule has 1 unspecified atom stereocenters. The molecule has 1 atom stereocenters. The van der Waals surface area contributed by atoms with Crippen molar-refractivity contribution in [2.24, 2.45) is 5.92 Å². The number of nitrogens with one attached hydrogen (secondary N) is 1. The number of hydrogen-bond acceptors (Lipinski definition) is 3. The highest BCUT2D eigenvalue weighted by Crippen LogP contribution is 2.18. The van der Waals surface area contributed by atoms with Crippen LogP contribution in [0.15, 0.2) is 30.3 Å². The summed E-state index contributed by atoms with van der Waals surface area (Å²) < 4.78 is 0. The Morgan fingerprint density at radius 2 is 2.08 bits per heavy atom. The molecular weight excluding hydrogens is 310 g/mol. The minimum atomic E-state index is 0.0980. The van der Waals surface area contributed by atoms with Crippen molar-refractivity contribution in [2.75, 3.05) is 33.2 Å². The van der Waals surface area contributed by atoms with E-state index in [0.29, 0.717) is 5.92 Å². The van der Waals surface area contributed by atoms with Gasteiger partial charge in [0.05, 0.1) is 6.04 Å². The fraction of sp³-hybridized carbons (Fsp3) is 0.667. The average molecular weight is 346 g/mol. The Balaban J connectivity index is 1.63. The van der Waals surface area contributed by atoms with Crippen LogP contribution in [0, 0.1) is 5.92 Å². The van der Waals surface area contributed by atoms with Crippen LogP contribution < -0.4 is 5.32 Å². The summed E-state index contributed by atoms with van der Waals surface area (Å²) in [7, 11) is 2.14. The summed E-state index contributed by atoms with van der Waals surface area (Å²) >= 11 is 0. The van der Waals surface area contributed by atoms with Gasteiger partial charge in [-0.15, -0.1) is 0 Å². The molecule has 0 bridgehead atoms. The van der Waals surface area contributed by atoms with Crippen LogP contribution in [0.3, 0.4) is 0 Å². The van der Waals surface area contributed by atoms with E-state index in [2.05, 4.69) is 60.3 Å². The molecule has 2 rings (SSSR count). The molecule has 4 nitrogen and oxygen atoms in total. The van der Waals surface area contributed by atoms with E-state index >= 15 is 0 Å². The molecule has 0 aromatic heterocycles.